The average Bonchev–Trinajstić information content (AvgIpc) is 2.81. The van der Waals surface area contributed by atoms with Crippen LogP contribution < -0.4 is 5.73 Å². The van der Waals surface area contributed by atoms with Gasteiger partial charge in [-0.15, -0.1) is 11.8 Å². The number of rotatable bonds is 2. The quantitative estimate of drug-likeness (QED) is 0.875. The van der Waals surface area contributed by atoms with Crippen molar-refractivity contribution in [1.29, 1.82) is 0 Å². The molecular formula is C16H23NS. The second kappa shape index (κ2) is 5.26. The molecule has 0 spiro atoms. The van der Waals surface area contributed by atoms with Gasteiger partial charge in [-0.2, -0.15) is 0 Å². The molecule has 1 nitrogen and oxygen atoms in total. The van der Waals surface area contributed by atoms with E-state index >= 15 is 0 Å². The first-order valence-corrected chi connectivity index (χ1v) is 8.12. The molecule has 0 radical (unpaired) electrons. The van der Waals surface area contributed by atoms with Crippen LogP contribution in [-0.2, 0) is 6.42 Å². The predicted octanol–water partition coefficient (Wildman–Crippen LogP) is 3.86. The fraction of sp³-hybridized carbons (Fsp3) is 0.625. The van der Waals surface area contributed by atoms with Crippen LogP contribution in [0.2, 0.25) is 0 Å². The maximum Gasteiger partial charge on any atom is 0.0289 e. The Morgan fingerprint density at radius 3 is 2.89 bits per heavy atom. The van der Waals surface area contributed by atoms with Crippen molar-refractivity contribution in [1.82, 2.24) is 0 Å². The van der Waals surface area contributed by atoms with Gasteiger partial charge in [0.05, 0.1) is 0 Å². The zero-order valence-electron chi connectivity index (χ0n) is 11.1. The van der Waals surface area contributed by atoms with Gasteiger partial charge in [-0.3, -0.25) is 0 Å². The van der Waals surface area contributed by atoms with Crippen molar-refractivity contribution in [3.63, 3.8) is 0 Å². The van der Waals surface area contributed by atoms with Crippen LogP contribution >= 0.6 is 11.8 Å². The highest BCUT2D eigenvalue weighted by Crippen LogP contribution is 2.41. The molecule has 0 bridgehead atoms. The summed E-state index contributed by atoms with van der Waals surface area (Å²) in [5, 5.41) is 0.609. The van der Waals surface area contributed by atoms with E-state index in [1.807, 2.05) is 11.8 Å². The van der Waals surface area contributed by atoms with Gasteiger partial charge in [0.2, 0.25) is 0 Å². The van der Waals surface area contributed by atoms with Crippen molar-refractivity contribution < 1.29 is 0 Å². The third-order valence-corrected chi connectivity index (χ3v) is 6.06. The SMILES string of the molecule is CC1CCCC(C(N)C2Cc3ccccc3S2)C1. The summed E-state index contributed by atoms with van der Waals surface area (Å²) in [4.78, 5) is 1.46. The van der Waals surface area contributed by atoms with Crippen molar-refractivity contribution >= 4 is 11.8 Å². The predicted molar refractivity (Wildman–Crippen MR) is 78.9 cm³/mol. The molecule has 1 heterocycles. The molecule has 0 saturated heterocycles. The first-order chi connectivity index (χ1) is 8.74. The highest BCUT2D eigenvalue weighted by atomic mass is 32.2. The van der Waals surface area contributed by atoms with Gasteiger partial charge in [0.1, 0.15) is 0 Å². The number of fused-ring (bicyclic) bond motifs is 1. The third kappa shape index (κ3) is 2.46. The number of hydrogen-bond donors (Lipinski definition) is 1. The van der Waals surface area contributed by atoms with E-state index in [2.05, 4.69) is 31.2 Å². The Kier molecular flexibility index (Phi) is 3.67. The smallest absolute Gasteiger partial charge is 0.0289 e. The van der Waals surface area contributed by atoms with Gasteiger partial charge >= 0.3 is 0 Å². The van der Waals surface area contributed by atoms with E-state index in [1.54, 1.807) is 0 Å². The lowest BCUT2D eigenvalue weighted by Crippen LogP contribution is -2.41. The van der Waals surface area contributed by atoms with E-state index in [0.29, 0.717) is 11.3 Å². The summed E-state index contributed by atoms with van der Waals surface area (Å²) in [5.74, 6) is 1.63. The average molecular weight is 261 g/mol. The van der Waals surface area contributed by atoms with Crippen LogP contribution in [-0.4, -0.2) is 11.3 Å². The lowest BCUT2D eigenvalue weighted by atomic mass is 9.77. The van der Waals surface area contributed by atoms with Gasteiger partial charge in [0.15, 0.2) is 0 Å². The molecule has 1 aromatic carbocycles. The minimum Gasteiger partial charge on any atom is -0.326 e. The Bertz CT molecular complexity index is 392. The molecular weight excluding hydrogens is 238 g/mol. The summed E-state index contributed by atoms with van der Waals surface area (Å²) in [6.45, 7) is 2.38. The molecule has 2 N–H and O–H groups in total. The van der Waals surface area contributed by atoms with Crippen molar-refractivity contribution in [2.24, 2.45) is 17.6 Å². The number of thioether (sulfide) groups is 1. The molecule has 2 aliphatic rings. The third-order valence-electron chi connectivity index (χ3n) is 4.62. The molecule has 1 fully saturated rings. The summed E-state index contributed by atoms with van der Waals surface area (Å²) in [6.07, 6.45) is 6.64. The number of hydrogen-bond acceptors (Lipinski definition) is 2. The second-order valence-electron chi connectivity index (χ2n) is 6.08. The van der Waals surface area contributed by atoms with Gasteiger partial charge in [0.25, 0.3) is 0 Å². The highest BCUT2D eigenvalue weighted by molar-refractivity contribution is 8.00. The van der Waals surface area contributed by atoms with Crippen molar-refractivity contribution in [2.75, 3.05) is 0 Å². The van der Waals surface area contributed by atoms with E-state index < -0.39 is 0 Å². The van der Waals surface area contributed by atoms with Crippen LogP contribution in [0, 0.1) is 11.8 Å². The standard InChI is InChI=1S/C16H23NS/c1-11-5-4-7-13(9-11)16(17)15-10-12-6-2-3-8-14(12)18-15/h2-3,6,8,11,13,15-16H,4-5,7,9-10,17H2,1H3. The molecule has 1 aromatic rings. The van der Waals surface area contributed by atoms with Gasteiger partial charge in [0, 0.05) is 16.2 Å². The molecule has 3 rings (SSSR count). The summed E-state index contributed by atoms with van der Waals surface area (Å²) in [6, 6.07) is 9.18. The van der Waals surface area contributed by atoms with E-state index in [1.165, 1.54) is 42.6 Å². The number of nitrogens with two attached hydrogens (primary N) is 1. The van der Waals surface area contributed by atoms with Crippen LogP contribution in [0.5, 0.6) is 0 Å². The van der Waals surface area contributed by atoms with Crippen molar-refractivity contribution in [2.45, 2.75) is 55.2 Å². The van der Waals surface area contributed by atoms with Crippen LogP contribution in [0.3, 0.4) is 0 Å². The molecule has 4 unspecified atom stereocenters. The molecule has 1 aliphatic heterocycles. The van der Waals surface area contributed by atoms with Gasteiger partial charge < -0.3 is 5.73 Å². The number of benzene rings is 1. The zero-order valence-corrected chi connectivity index (χ0v) is 12.0. The summed E-state index contributed by atoms with van der Waals surface area (Å²) < 4.78 is 0. The molecule has 2 heteroatoms. The Morgan fingerprint density at radius 1 is 1.28 bits per heavy atom. The largest absolute Gasteiger partial charge is 0.326 e. The van der Waals surface area contributed by atoms with Gasteiger partial charge in [-0.25, -0.2) is 0 Å². The summed E-state index contributed by atoms with van der Waals surface area (Å²) in [5.41, 5.74) is 8.08. The lowest BCUT2D eigenvalue weighted by molar-refractivity contribution is 0.243. The van der Waals surface area contributed by atoms with Gasteiger partial charge in [-0.05, 0) is 42.7 Å². The van der Waals surface area contributed by atoms with Crippen molar-refractivity contribution in [3.05, 3.63) is 29.8 Å². The molecule has 0 aromatic heterocycles. The summed E-state index contributed by atoms with van der Waals surface area (Å²) >= 11 is 2.01. The molecule has 4 atom stereocenters. The molecule has 18 heavy (non-hydrogen) atoms. The molecule has 0 amide bonds. The van der Waals surface area contributed by atoms with Crippen LogP contribution in [0.4, 0.5) is 0 Å². The van der Waals surface area contributed by atoms with E-state index in [4.69, 9.17) is 5.73 Å². The van der Waals surface area contributed by atoms with E-state index in [9.17, 15) is 0 Å². The minimum absolute atomic E-state index is 0.380. The topological polar surface area (TPSA) is 26.0 Å². The maximum absolute atomic E-state index is 6.57. The van der Waals surface area contributed by atoms with Crippen LogP contribution in [0.25, 0.3) is 0 Å². The monoisotopic (exact) mass is 261 g/mol. The summed E-state index contributed by atoms with van der Waals surface area (Å²) in [7, 11) is 0. The highest BCUT2D eigenvalue weighted by Gasteiger charge is 2.33. The second-order valence-corrected chi connectivity index (χ2v) is 7.36. The van der Waals surface area contributed by atoms with Crippen LogP contribution in [0.15, 0.2) is 29.2 Å². The van der Waals surface area contributed by atoms with Gasteiger partial charge in [-0.1, -0.05) is 38.0 Å². The van der Waals surface area contributed by atoms with E-state index in [0.717, 1.165) is 11.8 Å². The van der Waals surface area contributed by atoms with Crippen LogP contribution in [0.1, 0.15) is 38.2 Å². The lowest BCUT2D eigenvalue weighted by Gasteiger charge is -2.33. The Hall–Kier alpha value is -0.470. The fourth-order valence-electron chi connectivity index (χ4n) is 3.56. The molecule has 1 saturated carbocycles. The van der Waals surface area contributed by atoms with E-state index in [-0.39, 0.29) is 0 Å². The maximum atomic E-state index is 6.57. The van der Waals surface area contributed by atoms with Crippen molar-refractivity contribution in [3.8, 4) is 0 Å². The zero-order chi connectivity index (χ0) is 12.5. The first kappa shape index (κ1) is 12.6. The first-order valence-electron chi connectivity index (χ1n) is 7.24. The Balaban J connectivity index is 1.66. The molecule has 1 aliphatic carbocycles. The Morgan fingerprint density at radius 2 is 2.11 bits per heavy atom. The Labute approximate surface area is 115 Å². The minimum atomic E-state index is 0.380. The fourth-order valence-corrected chi connectivity index (χ4v) is 4.99. The normalized spacial score (nSPS) is 33.1. The molecule has 98 valence electrons.